The summed E-state index contributed by atoms with van der Waals surface area (Å²) in [5.41, 5.74) is 3.79. The highest BCUT2D eigenvalue weighted by atomic mass is 16.5. The van der Waals surface area contributed by atoms with E-state index in [9.17, 15) is 14.4 Å². The van der Waals surface area contributed by atoms with Crippen molar-refractivity contribution < 1.29 is 24.2 Å². The Morgan fingerprint density at radius 3 is 2.03 bits per heavy atom. The van der Waals surface area contributed by atoms with Crippen LogP contribution in [0.25, 0.3) is 11.1 Å². The van der Waals surface area contributed by atoms with E-state index >= 15 is 0 Å². The average molecular weight is 410 g/mol. The molecule has 2 amide bonds. The van der Waals surface area contributed by atoms with Crippen LogP contribution in [0.5, 0.6) is 0 Å². The summed E-state index contributed by atoms with van der Waals surface area (Å²) >= 11 is 0. The molecular weight excluding hydrogens is 384 g/mol. The summed E-state index contributed by atoms with van der Waals surface area (Å²) in [7, 11) is 0. The first-order chi connectivity index (χ1) is 14.2. The molecular formula is C23H26N2O5. The molecule has 1 aliphatic rings. The van der Waals surface area contributed by atoms with Crippen molar-refractivity contribution in [1.29, 1.82) is 0 Å². The number of alkyl carbamates (subject to hydrolysis) is 1. The number of aliphatic carboxylic acids is 1. The molecule has 2 aromatic rings. The highest BCUT2D eigenvalue weighted by Gasteiger charge is 2.31. The van der Waals surface area contributed by atoms with E-state index in [0.29, 0.717) is 0 Å². The number of fused-ring (bicyclic) bond motifs is 3. The number of amides is 2. The smallest absolute Gasteiger partial charge is 0.407 e. The van der Waals surface area contributed by atoms with Gasteiger partial charge in [-0.25, -0.2) is 4.79 Å². The molecule has 1 atom stereocenters. The van der Waals surface area contributed by atoms with E-state index in [2.05, 4.69) is 10.6 Å². The Balaban J connectivity index is 1.68. The summed E-state index contributed by atoms with van der Waals surface area (Å²) in [6, 6.07) is 14.7. The third kappa shape index (κ3) is 4.97. The Hall–Kier alpha value is -3.35. The maximum atomic E-state index is 12.4. The average Bonchev–Trinajstić information content (AvgIpc) is 2.98. The van der Waals surface area contributed by atoms with Gasteiger partial charge in [-0.1, -0.05) is 48.5 Å². The quantitative estimate of drug-likeness (QED) is 0.678. The van der Waals surface area contributed by atoms with Crippen LogP contribution in [0.2, 0.25) is 0 Å². The largest absolute Gasteiger partial charge is 0.481 e. The third-order valence-corrected chi connectivity index (χ3v) is 4.83. The molecule has 30 heavy (non-hydrogen) atoms. The fourth-order valence-electron chi connectivity index (χ4n) is 3.62. The van der Waals surface area contributed by atoms with Crippen molar-refractivity contribution in [2.75, 3.05) is 6.61 Å². The number of rotatable bonds is 6. The van der Waals surface area contributed by atoms with Gasteiger partial charge < -0.3 is 20.5 Å². The molecule has 1 aliphatic carbocycles. The molecule has 0 saturated heterocycles. The predicted molar refractivity (Wildman–Crippen MR) is 112 cm³/mol. The minimum absolute atomic E-state index is 0.0839. The number of carbonyl (C=O) groups is 3. The molecule has 0 spiro atoms. The number of nitrogens with one attached hydrogen (secondary N) is 2. The second kappa shape index (κ2) is 8.57. The van der Waals surface area contributed by atoms with E-state index in [1.54, 1.807) is 20.8 Å². The number of carboxylic acids is 1. The molecule has 0 heterocycles. The minimum Gasteiger partial charge on any atom is -0.481 e. The molecule has 3 N–H and O–H groups in total. The maximum absolute atomic E-state index is 12.4. The summed E-state index contributed by atoms with van der Waals surface area (Å²) in [6.45, 7) is 5.41. The molecule has 7 heteroatoms. The first kappa shape index (κ1) is 21.4. The van der Waals surface area contributed by atoms with Crippen molar-refractivity contribution in [3.05, 3.63) is 59.7 Å². The fourth-order valence-corrected chi connectivity index (χ4v) is 3.62. The number of ether oxygens (including phenoxy) is 1. The lowest BCUT2D eigenvalue weighted by atomic mass is 9.98. The molecule has 158 valence electrons. The van der Waals surface area contributed by atoms with Gasteiger partial charge in [0.05, 0.1) is 6.42 Å². The molecule has 0 bridgehead atoms. The van der Waals surface area contributed by atoms with Crippen molar-refractivity contribution >= 4 is 18.0 Å². The molecule has 1 unspecified atom stereocenters. The van der Waals surface area contributed by atoms with Crippen molar-refractivity contribution in [2.45, 2.75) is 44.7 Å². The molecule has 0 aliphatic heterocycles. The van der Waals surface area contributed by atoms with Crippen molar-refractivity contribution in [3.63, 3.8) is 0 Å². The van der Waals surface area contributed by atoms with Gasteiger partial charge in [0, 0.05) is 11.5 Å². The molecule has 0 radical (unpaired) electrons. The van der Waals surface area contributed by atoms with Gasteiger partial charge >= 0.3 is 12.1 Å². The van der Waals surface area contributed by atoms with E-state index in [4.69, 9.17) is 9.84 Å². The van der Waals surface area contributed by atoms with Crippen LogP contribution in [-0.2, 0) is 14.3 Å². The zero-order chi connectivity index (χ0) is 21.9. The van der Waals surface area contributed by atoms with E-state index in [1.165, 1.54) is 0 Å². The van der Waals surface area contributed by atoms with Crippen molar-refractivity contribution in [2.24, 2.45) is 0 Å². The number of carboxylic acid groups (broad SMARTS) is 1. The lowest BCUT2D eigenvalue weighted by Crippen LogP contribution is -2.53. The predicted octanol–water partition coefficient (Wildman–Crippen LogP) is 3.28. The second-order valence-electron chi connectivity index (χ2n) is 8.36. The van der Waals surface area contributed by atoms with Gasteiger partial charge in [-0.15, -0.1) is 0 Å². The van der Waals surface area contributed by atoms with Gasteiger partial charge in [-0.2, -0.15) is 0 Å². The Labute approximate surface area is 175 Å². The summed E-state index contributed by atoms with van der Waals surface area (Å²) in [5.74, 6) is -1.88. The minimum atomic E-state index is -1.22. The molecule has 2 aromatic carbocycles. The van der Waals surface area contributed by atoms with Crippen LogP contribution in [-0.4, -0.2) is 41.3 Å². The lowest BCUT2D eigenvalue weighted by molar-refractivity contribution is -0.140. The standard InChI is InChI=1S/C23H26N2O5/c1-23(2,3)25-21(28)19(12-20(26)27)24-22(29)30-13-18-16-10-6-4-8-14(16)15-9-5-7-11-17(15)18/h4-11,18-19H,12-13H2,1-3H3,(H,24,29)(H,25,28)(H,26,27). The number of hydrogen-bond acceptors (Lipinski definition) is 4. The van der Waals surface area contributed by atoms with Crippen LogP contribution in [0.15, 0.2) is 48.5 Å². The van der Waals surface area contributed by atoms with Crippen LogP contribution >= 0.6 is 0 Å². The molecule has 3 rings (SSSR count). The molecule has 0 saturated carbocycles. The van der Waals surface area contributed by atoms with Gasteiger partial charge in [0.15, 0.2) is 0 Å². The van der Waals surface area contributed by atoms with Crippen LogP contribution in [0.3, 0.4) is 0 Å². The SMILES string of the molecule is CC(C)(C)NC(=O)C(CC(=O)O)NC(=O)OCC1c2ccccc2-c2ccccc21. The fraction of sp³-hybridized carbons (Fsp3) is 0.348. The van der Waals surface area contributed by atoms with E-state index in [1.807, 2.05) is 48.5 Å². The lowest BCUT2D eigenvalue weighted by Gasteiger charge is -2.25. The van der Waals surface area contributed by atoms with E-state index < -0.39 is 36.0 Å². The summed E-state index contributed by atoms with van der Waals surface area (Å²) in [5, 5.41) is 14.2. The van der Waals surface area contributed by atoms with Crippen molar-refractivity contribution in [1.82, 2.24) is 10.6 Å². The van der Waals surface area contributed by atoms with Gasteiger partial charge in [0.1, 0.15) is 12.6 Å². The highest BCUT2D eigenvalue weighted by Crippen LogP contribution is 2.44. The van der Waals surface area contributed by atoms with Crippen LogP contribution in [0.4, 0.5) is 4.79 Å². The van der Waals surface area contributed by atoms with Crippen molar-refractivity contribution in [3.8, 4) is 11.1 Å². The van der Waals surface area contributed by atoms with Crippen LogP contribution in [0, 0.1) is 0 Å². The Morgan fingerprint density at radius 1 is 1.00 bits per heavy atom. The van der Waals surface area contributed by atoms with E-state index in [-0.39, 0.29) is 12.5 Å². The highest BCUT2D eigenvalue weighted by molar-refractivity contribution is 5.89. The van der Waals surface area contributed by atoms with Gasteiger partial charge in [-0.3, -0.25) is 9.59 Å². The zero-order valence-corrected chi connectivity index (χ0v) is 17.3. The zero-order valence-electron chi connectivity index (χ0n) is 17.3. The first-order valence-corrected chi connectivity index (χ1v) is 9.81. The normalized spacial score (nSPS) is 13.7. The van der Waals surface area contributed by atoms with E-state index in [0.717, 1.165) is 22.3 Å². The van der Waals surface area contributed by atoms with Gasteiger partial charge in [0.25, 0.3) is 0 Å². The molecule has 7 nitrogen and oxygen atoms in total. The summed E-state index contributed by atoms with van der Waals surface area (Å²) < 4.78 is 5.41. The molecule has 0 fully saturated rings. The van der Waals surface area contributed by atoms with Gasteiger partial charge in [-0.05, 0) is 43.0 Å². The second-order valence-corrected chi connectivity index (χ2v) is 8.36. The Bertz CT molecular complexity index is 919. The summed E-state index contributed by atoms with van der Waals surface area (Å²) in [6.07, 6.45) is -1.36. The summed E-state index contributed by atoms with van der Waals surface area (Å²) in [4.78, 5) is 35.9. The topological polar surface area (TPSA) is 105 Å². The Morgan fingerprint density at radius 2 is 1.53 bits per heavy atom. The Kier molecular flexibility index (Phi) is 6.10. The molecule has 0 aromatic heterocycles. The monoisotopic (exact) mass is 410 g/mol. The number of benzene rings is 2. The third-order valence-electron chi connectivity index (χ3n) is 4.83. The number of carbonyl (C=O) groups excluding carboxylic acids is 2. The first-order valence-electron chi connectivity index (χ1n) is 9.81. The van der Waals surface area contributed by atoms with Gasteiger partial charge in [0.2, 0.25) is 5.91 Å². The number of hydrogen-bond donors (Lipinski definition) is 3. The van der Waals surface area contributed by atoms with Crippen LogP contribution in [0.1, 0.15) is 44.2 Å². The maximum Gasteiger partial charge on any atom is 0.407 e. The van der Waals surface area contributed by atoms with Crippen LogP contribution < -0.4 is 10.6 Å².